The third-order valence-electron chi connectivity index (χ3n) is 7.48. The van der Waals surface area contributed by atoms with Gasteiger partial charge in [0.15, 0.2) is 0 Å². The summed E-state index contributed by atoms with van der Waals surface area (Å²) in [5, 5.41) is 5.60. The van der Waals surface area contributed by atoms with Crippen LogP contribution in [0.15, 0.2) is 91.0 Å². The van der Waals surface area contributed by atoms with Crippen LogP contribution >= 0.6 is 0 Å². The van der Waals surface area contributed by atoms with E-state index in [1.165, 1.54) is 40.2 Å². The van der Waals surface area contributed by atoms with Crippen molar-refractivity contribution in [2.45, 2.75) is 51.6 Å². The van der Waals surface area contributed by atoms with Gasteiger partial charge >= 0.3 is 6.03 Å². The molecule has 0 saturated carbocycles. The number of imide groups is 2. The molecule has 6 amide bonds. The molecule has 0 aromatic heterocycles. The van der Waals surface area contributed by atoms with Crippen molar-refractivity contribution in [3.05, 3.63) is 108 Å². The molecule has 0 saturated heterocycles. The Morgan fingerprint density at radius 1 is 0.680 bits per heavy atom. The molecular formula is C38H46N6O6. The monoisotopic (exact) mass is 682 g/mol. The molecule has 2 aliphatic rings. The molecule has 2 aliphatic heterocycles. The summed E-state index contributed by atoms with van der Waals surface area (Å²) >= 11 is 0. The molecule has 12 heteroatoms. The maximum absolute atomic E-state index is 11.7. The zero-order valence-electron chi connectivity index (χ0n) is 28.4. The van der Waals surface area contributed by atoms with E-state index in [-0.39, 0.29) is 29.7 Å². The summed E-state index contributed by atoms with van der Waals surface area (Å²) in [6, 6.07) is 15.6. The number of nitrogens with one attached hydrogen (secondary N) is 2. The average molecular weight is 683 g/mol. The van der Waals surface area contributed by atoms with Crippen LogP contribution < -0.4 is 16.4 Å². The standard InChI is InChI=1S/C19H23N3O3.C10H12N2O3.C9H11N/c1-2-15-6-8-16(9-7-15)14-21-19(25)20-12-4-3-5-13-22-17(23)10-11-18(22)24;13-8-11-6-2-1-3-7-12-9(14)4-5-10(12)15;1-2-8-3-5-9(7-10)6-4-8/h2,6-11H,1,3-5,12-14H2,(H2,20,21,25);4-5H,1-3,6-7H2;2-6H,1,7,10H2. The normalized spacial score (nSPS) is 12.8. The molecule has 2 aromatic rings. The number of rotatable bonds is 17. The summed E-state index contributed by atoms with van der Waals surface area (Å²) in [6.45, 7) is 10.3. The first kappa shape index (κ1) is 40.5. The van der Waals surface area contributed by atoms with E-state index in [4.69, 9.17) is 5.73 Å². The zero-order valence-corrected chi connectivity index (χ0v) is 28.4. The molecule has 0 atom stereocenters. The van der Waals surface area contributed by atoms with Gasteiger partial charge in [0.05, 0.1) is 6.54 Å². The maximum Gasteiger partial charge on any atom is 0.315 e. The van der Waals surface area contributed by atoms with Gasteiger partial charge < -0.3 is 16.4 Å². The topological polar surface area (TPSA) is 171 Å². The van der Waals surface area contributed by atoms with Crippen molar-refractivity contribution in [2.24, 2.45) is 10.7 Å². The van der Waals surface area contributed by atoms with E-state index in [1.807, 2.05) is 54.6 Å². The molecule has 0 radical (unpaired) electrons. The van der Waals surface area contributed by atoms with Crippen molar-refractivity contribution in [3.8, 4) is 0 Å². The molecule has 264 valence electrons. The fourth-order valence-corrected chi connectivity index (χ4v) is 4.57. The fraction of sp³-hybridized carbons (Fsp3) is 0.316. The van der Waals surface area contributed by atoms with Gasteiger partial charge in [-0.3, -0.25) is 29.0 Å². The van der Waals surface area contributed by atoms with Crippen LogP contribution in [0.4, 0.5) is 4.79 Å². The van der Waals surface area contributed by atoms with Crippen molar-refractivity contribution in [3.63, 3.8) is 0 Å². The highest BCUT2D eigenvalue weighted by molar-refractivity contribution is 6.13. The van der Waals surface area contributed by atoms with Gasteiger partial charge in [0.1, 0.15) is 0 Å². The number of nitrogens with two attached hydrogens (primary N) is 1. The lowest BCUT2D eigenvalue weighted by Gasteiger charge is -2.13. The second kappa shape index (κ2) is 23.6. The van der Waals surface area contributed by atoms with Crippen LogP contribution in [0, 0.1) is 0 Å². The molecule has 4 rings (SSSR count). The smallest absolute Gasteiger partial charge is 0.315 e. The van der Waals surface area contributed by atoms with Crippen molar-refractivity contribution in [1.29, 1.82) is 0 Å². The lowest BCUT2D eigenvalue weighted by atomic mass is 10.1. The molecule has 0 bridgehead atoms. The Morgan fingerprint density at radius 3 is 1.58 bits per heavy atom. The van der Waals surface area contributed by atoms with Crippen molar-refractivity contribution < 1.29 is 28.8 Å². The first-order chi connectivity index (χ1) is 24.2. The predicted octanol–water partition coefficient (Wildman–Crippen LogP) is 4.43. The van der Waals surface area contributed by atoms with Crippen molar-refractivity contribution >= 4 is 47.9 Å². The lowest BCUT2D eigenvalue weighted by Crippen LogP contribution is -2.35. The number of urea groups is 1. The maximum atomic E-state index is 11.7. The lowest BCUT2D eigenvalue weighted by molar-refractivity contribution is -0.138. The Kier molecular flexibility index (Phi) is 19.1. The van der Waals surface area contributed by atoms with Crippen LogP contribution in [0.2, 0.25) is 0 Å². The second-order valence-electron chi connectivity index (χ2n) is 11.1. The van der Waals surface area contributed by atoms with E-state index >= 15 is 0 Å². The number of benzene rings is 2. The number of carbonyl (C=O) groups is 5. The fourth-order valence-electron chi connectivity index (χ4n) is 4.57. The summed E-state index contributed by atoms with van der Waals surface area (Å²) in [4.78, 5) is 72.2. The summed E-state index contributed by atoms with van der Waals surface area (Å²) in [6.07, 6.45) is 14.9. The Bertz CT molecular complexity index is 1520. The molecule has 0 unspecified atom stereocenters. The zero-order chi connectivity index (χ0) is 36.6. The molecule has 0 spiro atoms. The van der Waals surface area contributed by atoms with Gasteiger partial charge in [0.2, 0.25) is 6.08 Å². The highest BCUT2D eigenvalue weighted by Crippen LogP contribution is 2.08. The molecule has 50 heavy (non-hydrogen) atoms. The van der Waals surface area contributed by atoms with Gasteiger partial charge in [-0.05, 0) is 60.8 Å². The van der Waals surface area contributed by atoms with Gasteiger partial charge in [-0.25, -0.2) is 14.6 Å². The summed E-state index contributed by atoms with van der Waals surface area (Å²) in [5.74, 6) is -0.982. The predicted molar refractivity (Wildman–Crippen MR) is 194 cm³/mol. The minimum atomic E-state index is -0.247. The quantitative estimate of drug-likeness (QED) is 0.0959. The minimum Gasteiger partial charge on any atom is -0.338 e. The van der Waals surface area contributed by atoms with E-state index in [2.05, 4.69) is 28.8 Å². The van der Waals surface area contributed by atoms with Crippen LogP contribution in [0.1, 0.15) is 60.8 Å². The minimum absolute atomic E-state index is 0.207. The average Bonchev–Trinajstić information content (AvgIpc) is 3.64. The Labute approximate surface area is 293 Å². The summed E-state index contributed by atoms with van der Waals surface area (Å²) in [7, 11) is 0. The van der Waals surface area contributed by atoms with E-state index in [0.29, 0.717) is 39.3 Å². The highest BCUT2D eigenvalue weighted by Gasteiger charge is 2.23. The van der Waals surface area contributed by atoms with E-state index in [0.717, 1.165) is 60.8 Å². The third-order valence-corrected chi connectivity index (χ3v) is 7.48. The molecule has 12 nitrogen and oxygen atoms in total. The first-order valence-electron chi connectivity index (χ1n) is 16.5. The molecule has 0 aliphatic carbocycles. The number of aliphatic imine (C=N–C) groups is 1. The van der Waals surface area contributed by atoms with E-state index in [9.17, 15) is 28.8 Å². The van der Waals surface area contributed by atoms with Gasteiger partial charge in [0, 0.05) is 57.0 Å². The van der Waals surface area contributed by atoms with Crippen LogP contribution in [0.25, 0.3) is 12.2 Å². The van der Waals surface area contributed by atoms with Gasteiger partial charge in [-0.1, -0.05) is 73.8 Å². The summed E-state index contributed by atoms with van der Waals surface area (Å²) < 4.78 is 0. The second-order valence-corrected chi connectivity index (χ2v) is 11.1. The summed E-state index contributed by atoms with van der Waals surface area (Å²) in [5.41, 5.74) is 9.78. The van der Waals surface area contributed by atoms with Crippen LogP contribution in [-0.2, 0) is 37.1 Å². The van der Waals surface area contributed by atoms with E-state index in [1.54, 1.807) is 6.08 Å². The molecule has 4 N–H and O–H groups in total. The number of hydrogen-bond acceptors (Lipinski definition) is 8. The Hall–Kier alpha value is -5.71. The number of nitrogens with zero attached hydrogens (tertiary/aromatic N) is 3. The molecule has 2 aromatic carbocycles. The number of unbranched alkanes of at least 4 members (excludes halogenated alkanes) is 4. The third kappa shape index (κ3) is 15.5. The Balaban J connectivity index is 0.000000292. The molecule has 2 heterocycles. The highest BCUT2D eigenvalue weighted by atomic mass is 16.2. The van der Waals surface area contributed by atoms with Crippen LogP contribution in [-0.4, -0.2) is 71.7 Å². The largest absolute Gasteiger partial charge is 0.338 e. The SMILES string of the molecule is C=Cc1ccc(CN)cc1.C=Cc1ccc(CNC(=O)NCCCCCN2C(=O)C=CC2=O)cc1.O=C=NCCCCCN1C(=O)C=CC1=O. The van der Waals surface area contributed by atoms with Gasteiger partial charge in [-0.2, -0.15) is 0 Å². The molecule has 0 fully saturated rings. The van der Waals surface area contributed by atoms with Crippen LogP contribution in [0.5, 0.6) is 0 Å². The molecular weight excluding hydrogens is 636 g/mol. The number of hydrogen-bond donors (Lipinski definition) is 3. The first-order valence-corrected chi connectivity index (χ1v) is 16.5. The number of amides is 6. The number of carbonyl (C=O) groups excluding carboxylic acids is 6. The van der Waals surface area contributed by atoms with Crippen molar-refractivity contribution in [2.75, 3.05) is 26.2 Å². The number of isocyanates is 1. The van der Waals surface area contributed by atoms with Gasteiger partial charge in [-0.15, -0.1) is 0 Å². The van der Waals surface area contributed by atoms with E-state index < -0.39 is 0 Å². The van der Waals surface area contributed by atoms with Crippen LogP contribution in [0.3, 0.4) is 0 Å². The van der Waals surface area contributed by atoms with Crippen molar-refractivity contribution in [1.82, 2.24) is 20.4 Å². The van der Waals surface area contributed by atoms with Gasteiger partial charge in [0.25, 0.3) is 23.6 Å². The Morgan fingerprint density at radius 2 is 1.14 bits per heavy atom.